The van der Waals surface area contributed by atoms with E-state index in [1.165, 1.54) is 12.8 Å². The van der Waals surface area contributed by atoms with Crippen molar-refractivity contribution in [2.24, 2.45) is 17.6 Å². The molecule has 1 aromatic carbocycles. The van der Waals surface area contributed by atoms with Gasteiger partial charge < -0.3 is 15.0 Å². The van der Waals surface area contributed by atoms with Crippen LogP contribution in [0.1, 0.15) is 89.1 Å². The smallest absolute Gasteiger partial charge is 0.248 e. The summed E-state index contributed by atoms with van der Waals surface area (Å²) in [5.41, 5.74) is 9.51. The van der Waals surface area contributed by atoms with Gasteiger partial charge in [-0.25, -0.2) is 13.8 Å². The highest BCUT2D eigenvalue weighted by Gasteiger charge is 2.37. The number of ether oxygens (including phenoxy) is 1. The SMILES string of the molecule is CC(C)(C)S(=O)C[C@@H](CC1CCC(F)(F)CC1)c1nc2cc([C@H](N)C3CC3)ccc2n1COCC[Si](C)(C)C. The number of nitrogens with two attached hydrogens (primary N) is 1. The molecule has 1 heterocycles. The van der Waals surface area contributed by atoms with E-state index < -0.39 is 24.8 Å². The highest BCUT2D eigenvalue weighted by Crippen LogP contribution is 2.42. The first-order valence-corrected chi connectivity index (χ1v) is 19.8. The zero-order valence-electron chi connectivity index (χ0n) is 24.8. The minimum absolute atomic E-state index is 0.0177. The molecule has 2 saturated carbocycles. The molecule has 0 amide bonds. The molecule has 2 aliphatic carbocycles. The third-order valence-electron chi connectivity index (χ3n) is 8.39. The van der Waals surface area contributed by atoms with Gasteiger partial charge in [-0.1, -0.05) is 25.7 Å². The van der Waals surface area contributed by atoms with E-state index in [9.17, 15) is 13.0 Å². The predicted molar refractivity (Wildman–Crippen MR) is 161 cm³/mol. The number of imidazole rings is 1. The Bertz CT molecular complexity index is 1140. The number of alkyl halides is 2. The molecule has 2 aromatic rings. The van der Waals surface area contributed by atoms with Crippen LogP contribution in [0.25, 0.3) is 11.0 Å². The van der Waals surface area contributed by atoms with Crippen molar-refractivity contribution in [3.05, 3.63) is 29.6 Å². The zero-order valence-corrected chi connectivity index (χ0v) is 26.6. The third kappa shape index (κ3) is 8.43. The Kier molecular flexibility index (Phi) is 9.46. The first-order chi connectivity index (χ1) is 18.1. The number of aromatic nitrogens is 2. The van der Waals surface area contributed by atoms with Crippen molar-refractivity contribution in [1.82, 2.24) is 9.55 Å². The Hall–Kier alpha value is -1.16. The summed E-state index contributed by atoms with van der Waals surface area (Å²) in [5.74, 6) is -0.621. The fourth-order valence-electron chi connectivity index (χ4n) is 5.50. The normalized spacial score (nSPS) is 21.3. The maximum absolute atomic E-state index is 13.9. The van der Waals surface area contributed by atoms with Crippen LogP contribution < -0.4 is 5.73 Å². The summed E-state index contributed by atoms with van der Waals surface area (Å²) in [5, 5.41) is 0. The number of nitrogens with zero attached hydrogens (tertiary/aromatic N) is 2. The molecule has 0 bridgehead atoms. The van der Waals surface area contributed by atoms with E-state index in [0.29, 0.717) is 44.3 Å². The summed E-state index contributed by atoms with van der Waals surface area (Å²) >= 11 is 0. The van der Waals surface area contributed by atoms with Gasteiger partial charge in [0.1, 0.15) is 12.6 Å². The highest BCUT2D eigenvalue weighted by molar-refractivity contribution is 7.86. The van der Waals surface area contributed by atoms with Crippen LogP contribution in [0.4, 0.5) is 8.78 Å². The molecule has 5 nitrogen and oxygen atoms in total. The van der Waals surface area contributed by atoms with Crippen molar-refractivity contribution in [2.75, 3.05) is 12.4 Å². The molecule has 4 rings (SSSR count). The van der Waals surface area contributed by atoms with Gasteiger partial charge in [0.25, 0.3) is 0 Å². The fraction of sp³-hybridized carbons (Fsp3) is 0.767. The second-order valence-corrected chi connectivity index (χ2v) is 22.1. The second kappa shape index (κ2) is 12.0. The molecular weight excluding hydrogens is 532 g/mol. The molecule has 0 spiro atoms. The molecule has 0 aliphatic heterocycles. The molecule has 39 heavy (non-hydrogen) atoms. The monoisotopic (exact) mass is 581 g/mol. The first-order valence-electron chi connectivity index (χ1n) is 14.7. The predicted octanol–water partition coefficient (Wildman–Crippen LogP) is 7.60. The average molecular weight is 582 g/mol. The molecule has 1 unspecified atom stereocenters. The topological polar surface area (TPSA) is 70.1 Å². The molecule has 2 aliphatic rings. The lowest BCUT2D eigenvalue weighted by Crippen LogP contribution is -2.30. The van der Waals surface area contributed by atoms with Crippen LogP contribution in [-0.4, -0.2) is 44.9 Å². The van der Waals surface area contributed by atoms with Gasteiger partial charge in [0.15, 0.2) is 0 Å². The lowest BCUT2D eigenvalue weighted by atomic mass is 9.81. The quantitative estimate of drug-likeness (QED) is 0.207. The van der Waals surface area contributed by atoms with Crippen LogP contribution in [0.3, 0.4) is 0 Å². The summed E-state index contributed by atoms with van der Waals surface area (Å²) in [6.07, 6.45) is 3.93. The van der Waals surface area contributed by atoms with Crippen molar-refractivity contribution in [3.8, 4) is 0 Å². The first kappa shape index (κ1) is 30.8. The Labute approximate surface area is 237 Å². The van der Waals surface area contributed by atoms with Gasteiger partial charge in [-0.15, -0.1) is 0 Å². The largest absolute Gasteiger partial charge is 0.361 e. The Morgan fingerprint density at radius 3 is 2.44 bits per heavy atom. The molecule has 2 N–H and O–H groups in total. The van der Waals surface area contributed by atoms with E-state index in [-0.39, 0.29) is 35.5 Å². The number of fused-ring (bicyclic) bond motifs is 1. The van der Waals surface area contributed by atoms with Crippen LogP contribution in [0.15, 0.2) is 18.2 Å². The summed E-state index contributed by atoms with van der Waals surface area (Å²) in [7, 11) is -2.35. The Morgan fingerprint density at radius 1 is 1.18 bits per heavy atom. The average Bonchev–Trinajstić information content (AvgIpc) is 3.62. The van der Waals surface area contributed by atoms with Crippen molar-refractivity contribution in [3.63, 3.8) is 0 Å². The molecular formula is C30H49F2N3O2SSi. The third-order valence-corrected chi connectivity index (χ3v) is 12.2. The summed E-state index contributed by atoms with van der Waals surface area (Å²) in [6, 6.07) is 7.41. The second-order valence-electron chi connectivity index (χ2n) is 14.2. The Morgan fingerprint density at radius 2 is 1.85 bits per heavy atom. The molecule has 3 atom stereocenters. The van der Waals surface area contributed by atoms with Gasteiger partial charge in [-0.05, 0) is 88.5 Å². The number of hydrogen-bond acceptors (Lipinski definition) is 4. The van der Waals surface area contributed by atoms with Gasteiger partial charge in [0.05, 0.1) is 11.0 Å². The van der Waals surface area contributed by atoms with E-state index in [1.807, 2.05) is 20.8 Å². The van der Waals surface area contributed by atoms with E-state index in [2.05, 4.69) is 42.4 Å². The maximum atomic E-state index is 13.9. The standard InChI is InChI=1S/C30H49F2N3O2SSi/c1-29(2,3)38(36)19-24(17-21-11-13-30(31,32)14-12-21)28-34-25-18-23(27(33)22-7-8-22)9-10-26(25)35(28)20-37-15-16-39(4,5)6/h9-10,18,21-22,24,27H,7-8,11-17,19-20,33H2,1-6H3/t24-,27-,38?/m1/s1. The summed E-state index contributed by atoms with van der Waals surface area (Å²) in [6.45, 7) is 14.1. The van der Waals surface area contributed by atoms with E-state index in [0.717, 1.165) is 28.5 Å². The van der Waals surface area contributed by atoms with Crippen molar-refractivity contribution in [2.45, 2.75) is 121 Å². The van der Waals surface area contributed by atoms with E-state index in [1.54, 1.807) is 0 Å². The summed E-state index contributed by atoms with van der Waals surface area (Å²) in [4.78, 5) is 5.15. The van der Waals surface area contributed by atoms with Crippen LogP contribution in [-0.2, 0) is 22.3 Å². The zero-order chi connectivity index (χ0) is 28.6. The van der Waals surface area contributed by atoms with Crippen molar-refractivity contribution >= 4 is 29.9 Å². The van der Waals surface area contributed by atoms with Crippen LogP contribution >= 0.6 is 0 Å². The van der Waals surface area contributed by atoms with Crippen LogP contribution in [0.2, 0.25) is 25.7 Å². The van der Waals surface area contributed by atoms with Gasteiger partial charge in [-0.3, -0.25) is 4.21 Å². The van der Waals surface area contributed by atoms with E-state index in [4.69, 9.17) is 15.5 Å². The van der Waals surface area contributed by atoms with Crippen molar-refractivity contribution < 1.29 is 17.7 Å². The minimum Gasteiger partial charge on any atom is -0.361 e. The van der Waals surface area contributed by atoms with Gasteiger partial charge in [0, 0.05) is 60.8 Å². The van der Waals surface area contributed by atoms with Gasteiger partial charge >= 0.3 is 0 Å². The fourth-order valence-corrected chi connectivity index (χ4v) is 7.41. The molecule has 220 valence electrons. The van der Waals surface area contributed by atoms with Gasteiger partial charge in [0.2, 0.25) is 5.92 Å². The lowest BCUT2D eigenvalue weighted by molar-refractivity contribution is -0.0470. The number of hydrogen-bond donors (Lipinski definition) is 1. The molecule has 0 saturated heterocycles. The maximum Gasteiger partial charge on any atom is 0.248 e. The van der Waals surface area contributed by atoms with E-state index >= 15 is 0 Å². The molecule has 9 heteroatoms. The molecule has 1 aromatic heterocycles. The van der Waals surface area contributed by atoms with Gasteiger partial charge in [-0.2, -0.15) is 0 Å². The summed E-state index contributed by atoms with van der Waals surface area (Å²) < 4.78 is 49.3. The lowest BCUT2D eigenvalue weighted by Gasteiger charge is -2.31. The molecule has 2 fully saturated rings. The van der Waals surface area contributed by atoms with Crippen LogP contribution in [0.5, 0.6) is 0 Å². The van der Waals surface area contributed by atoms with Crippen LogP contribution in [0, 0.1) is 11.8 Å². The minimum atomic E-state index is -2.56. The number of halogens is 2. The van der Waals surface area contributed by atoms with Crippen molar-refractivity contribution in [1.29, 1.82) is 0 Å². The molecule has 0 radical (unpaired) electrons. The number of rotatable bonds is 12. The highest BCUT2D eigenvalue weighted by atomic mass is 32.2. The number of benzene rings is 1. The Balaban J connectivity index is 1.68.